The predicted octanol–water partition coefficient (Wildman–Crippen LogP) is 5.88. The molecule has 1 unspecified atom stereocenters. The van der Waals surface area contributed by atoms with Gasteiger partial charge < -0.3 is 33.2 Å². The van der Waals surface area contributed by atoms with Crippen molar-refractivity contribution in [3.8, 4) is 23.3 Å². The molecule has 242 valence electrons. The maximum absolute atomic E-state index is 12.2. The molecular weight excluding hydrogens is 643 g/mol. The summed E-state index contributed by atoms with van der Waals surface area (Å²) in [6.07, 6.45) is 3.02. The van der Waals surface area contributed by atoms with Crippen LogP contribution < -0.4 is 9.47 Å². The van der Waals surface area contributed by atoms with Gasteiger partial charge in [-0.3, -0.25) is 4.79 Å². The Bertz CT molecular complexity index is 1640. The highest BCUT2D eigenvalue weighted by Crippen LogP contribution is 2.34. The van der Waals surface area contributed by atoms with Gasteiger partial charge in [0.1, 0.15) is 46.0 Å². The number of carbonyl (C=O) groups is 2. The van der Waals surface area contributed by atoms with Crippen molar-refractivity contribution < 1.29 is 42.7 Å². The second-order valence-corrected chi connectivity index (χ2v) is 9.47. The summed E-state index contributed by atoms with van der Waals surface area (Å²) in [5, 5.41) is 0.497. The van der Waals surface area contributed by atoms with Gasteiger partial charge in [-0.2, -0.15) is 0 Å². The highest BCUT2D eigenvalue weighted by molar-refractivity contribution is 6.29. The van der Waals surface area contributed by atoms with Gasteiger partial charge >= 0.3 is 11.9 Å². The second-order valence-electron chi connectivity index (χ2n) is 8.70. The van der Waals surface area contributed by atoms with E-state index < -0.39 is 24.1 Å². The van der Waals surface area contributed by atoms with E-state index in [9.17, 15) is 9.59 Å². The van der Waals surface area contributed by atoms with Gasteiger partial charge in [0, 0.05) is 37.5 Å². The lowest BCUT2D eigenvalue weighted by molar-refractivity contribution is -0.163. The quantitative estimate of drug-likeness (QED) is 0.0580. The van der Waals surface area contributed by atoms with Gasteiger partial charge in [0.15, 0.2) is 6.29 Å². The first-order valence-electron chi connectivity index (χ1n) is 13.2. The van der Waals surface area contributed by atoms with Crippen LogP contribution in [0, 0.1) is 0 Å². The topological polar surface area (TPSA) is 150 Å². The summed E-state index contributed by atoms with van der Waals surface area (Å²) in [6.45, 7) is 0. The Morgan fingerprint density at radius 1 is 0.717 bits per heavy atom. The molecule has 0 aliphatic heterocycles. The van der Waals surface area contributed by atoms with E-state index in [0.717, 1.165) is 0 Å². The van der Waals surface area contributed by atoms with Crippen LogP contribution in [0.3, 0.4) is 0 Å². The van der Waals surface area contributed by atoms with E-state index in [-0.39, 0.29) is 27.6 Å². The number of para-hydroxylation sites is 2. The van der Waals surface area contributed by atoms with Crippen LogP contribution in [0.4, 0.5) is 0 Å². The first-order chi connectivity index (χ1) is 22.3. The molecule has 0 N–H and O–H groups in total. The number of nitrogens with zero attached hydrogens (tertiary/aromatic N) is 4. The van der Waals surface area contributed by atoms with Crippen LogP contribution in [0.5, 0.6) is 23.3 Å². The van der Waals surface area contributed by atoms with Gasteiger partial charge in [-0.25, -0.2) is 24.7 Å². The third-order valence-corrected chi connectivity index (χ3v) is 6.32. The number of hydrogen-bond acceptors (Lipinski definition) is 13. The zero-order valence-corrected chi connectivity index (χ0v) is 26.9. The Labute approximate surface area is 275 Å². The van der Waals surface area contributed by atoms with E-state index in [1.165, 1.54) is 66.6 Å². The van der Waals surface area contributed by atoms with Crippen LogP contribution in [-0.4, -0.2) is 73.7 Å². The lowest BCUT2D eigenvalue weighted by Crippen LogP contribution is -2.30. The number of aromatic nitrogens is 4. The monoisotopic (exact) mass is 672 g/mol. The smallest absolute Gasteiger partial charge is 0.341 e. The largest absolute Gasteiger partial charge is 0.503 e. The molecule has 4 aromatic rings. The average Bonchev–Trinajstić information content (AvgIpc) is 3.06. The van der Waals surface area contributed by atoms with E-state index in [0.29, 0.717) is 22.6 Å². The third kappa shape index (κ3) is 9.84. The molecule has 0 fully saturated rings. The lowest BCUT2D eigenvalue weighted by Gasteiger charge is -2.24. The minimum absolute atomic E-state index is 0.223. The molecule has 0 bridgehead atoms. The molecule has 1 atom stereocenters. The van der Waals surface area contributed by atoms with Crippen LogP contribution in [0.2, 0.25) is 10.3 Å². The first kappa shape index (κ1) is 35.7. The molecule has 0 saturated heterocycles. The van der Waals surface area contributed by atoms with Crippen molar-refractivity contribution in [3.63, 3.8) is 0 Å². The Hall–Kier alpha value is -4.82. The molecule has 4 rings (SSSR count). The van der Waals surface area contributed by atoms with Gasteiger partial charge in [0.25, 0.3) is 0 Å². The summed E-state index contributed by atoms with van der Waals surface area (Å²) in [6, 6.07) is 16.8. The molecule has 46 heavy (non-hydrogen) atoms. The summed E-state index contributed by atoms with van der Waals surface area (Å²) in [4.78, 5) is 39.7. The van der Waals surface area contributed by atoms with Crippen LogP contribution in [0.15, 0.2) is 79.6 Å². The molecule has 0 radical (unpaired) electrons. The van der Waals surface area contributed by atoms with Gasteiger partial charge in [-0.1, -0.05) is 59.6 Å². The number of esters is 2. The van der Waals surface area contributed by atoms with Crippen molar-refractivity contribution in [2.24, 2.45) is 0 Å². The van der Waals surface area contributed by atoms with Crippen LogP contribution in [-0.2, 0) is 33.3 Å². The van der Waals surface area contributed by atoms with Gasteiger partial charge in [0.05, 0.1) is 27.6 Å². The van der Waals surface area contributed by atoms with Crippen molar-refractivity contribution in [3.05, 3.63) is 101 Å². The number of halogens is 2. The molecule has 0 aliphatic carbocycles. The molecular formula is C31H30Cl2N4O9. The third-order valence-electron chi connectivity index (χ3n) is 5.91. The Kier molecular flexibility index (Phi) is 14.1. The number of benzene rings is 2. The van der Waals surface area contributed by atoms with Crippen molar-refractivity contribution in [1.82, 2.24) is 19.9 Å². The molecule has 0 aliphatic rings. The SMILES string of the molecule is CO/C=C(/C(=O)OC)c1ccccc1Oc1cc(Cl)ncn1.COC(=O)C(c1ccccc1Oc1cc(Cl)ncn1)C(OC)OC. The average molecular weight is 674 g/mol. The molecule has 0 spiro atoms. The number of hydrogen-bond donors (Lipinski definition) is 0. The van der Waals surface area contributed by atoms with Crippen LogP contribution in [0.1, 0.15) is 17.0 Å². The zero-order chi connectivity index (χ0) is 33.5. The molecule has 0 amide bonds. The minimum atomic E-state index is -0.837. The van der Waals surface area contributed by atoms with Crippen LogP contribution >= 0.6 is 23.2 Å². The van der Waals surface area contributed by atoms with E-state index in [1.54, 1.807) is 48.5 Å². The minimum Gasteiger partial charge on any atom is -0.503 e. The van der Waals surface area contributed by atoms with E-state index >= 15 is 0 Å². The van der Waals surface area contributed by atoms with Crippen molar-refractivity contribution in [1.29, 1.82) is 0 Å². The fourth-order valence-electron chi connectivity index (χ4n) is 3.91. The summed E-state index contributed by atoms with van der Waals surface area (Å²) in [5.41, 5.74) is 1.26. The van der Waals surface area contributed by atoms with E-state index in [4.69, 9.17) is 56.4 Å². The first-order valence-corrected chi connectivity index (χ1v) is 14.0. The van der Waals surface area contributed by atoms with Gasteiger partial charge in [-0.05, 0) is 12.1 Å². The van der Waals surface area contributed by atoms with Crippen molar-refractivity contribution in [2.75, 3.05) is 35.5 Å². The van der Waals surface area contributed by atoms with Gasteiger partial charge in [-0.15, -0.1) is 0 Å². The molecule has 15 heteroatoms. The second kappa shape index (κ2) is 18.2. The molecule has 2 heterocycles. The number of ether oxygens (including phenoxy) is 7. The van der Waals surface area contributed by atoms with Gasteiger partial charge in [0.2, 0.25) is 11.8 Å². The fraction of sp³-hybridized carbons (Fsp3) is 0.226. The molecule has 2 aromatic heterocycles. The molecule has 0 saturated carbocycles. The molecule has 13 nitrogen and oxygen atoms in total. The zero-order valence-electron chi connectivity index (χ0n) is 25.4. The highest BCUT2D eigenvalue weighted by Gasteiger charge is 2.34. The Morgan fingerprint density at radius 2 is 1.26 bits per heavy atom. The Balaban J connectivity index is 0.000000251. The summed E-state index contributed by atoms with van der Waals surface area (Å²) >= 11 is 11.6. The van der Waals surface area contributed by atoms with E-state index in [1.807, 2.05) is 0 Å². The maximum atomic E-state index is 12.2. The normalized spacial score (nSPS) is 11.5. The number of carbonyl (C=O) groups excluding carboxylic acids is 2. The summed E-state index contributed by atoms with van der Waals surface area (Å²) in [5.74, 6) is -0.572. The molecule has 2 aromatic carbocycles. The summed E-state index contributed by atoms with van der Waals surface area (Å²) in [7, 11) is 6.91. The summed E-state index contributed by atoms with van der Waals surface area (Å²) < 4.78 is 36.5. The Morgan fingerprint density at radius 3 is 1.78 bits per heavy atom. The lowest BCUT2D eigenvalue weighted by atomic mass is 9.97. The predicted molar refractivity (Wildman–Crippen MR) is 167 cm³/mol. The maximum Gasteiger partial charge on any atom is 0.341 e. The van der Waals surface area contributed by atoms with Crippen molar-refractivity contribution >= 4 is 40.7 Å². The standard InChI is InChI=1S/C16H17ClN2O5.C15H13ClN2O4/c1-21-15(20)14(16(22-2)23-3)10-6-4-5-7-11(10)24-13-8-12(17)18-9-19-13;1-20-8-11(15(19)21-2)10-5-3-4-6-12(10)22-14-7-13(16)17-9-18-14/h4-9,14,16H,1-3H3;3-9H,1-2H3/b;11-8+. The van der Waals surface area contributed by atoms with E-state index in [2.05, 4.69) is 19.9 Å². The van der Waals surface area contributed by atoms with Crippen LogP contribution in [0.25, 0.3) is 5.57 Å². The van der Waals surface area contributed by atoms with Crippen molar-refractivity contribution in [2.45, 2.75) is 12.2 Å². The number of rotatable bonds is 12. The highest BCUT2D eigenvalue weighted by atomic mass is 35.5. The fourth-order valence-corrected chi connectivity index (χ4v) is 4.18. The number of methoxy groups -OCH3 is 5.